The number of hydrogen-bond acceptors (Lipinski definition) is 3. The molecule has 0 radical (unpaired) electrons. The van der Waals surface area contributed by atoms with Crippen molar-refractivity contribution >= 4 is 5.78 Å². The van der Waals surface area contributed by atoms with Crippen LogP contribution >= 0.6 is 0 Å². The summed E-state index contributed by atoms with van der Waals surface area (Å²) in [5.41, 5.74) is 0.581. The van der Waals surface area contributed by atoms with Gasteiger partial charge in [-0.2, -0.15) is 0 Å². The number of Topliss-reactive ketones (excluding diaryl/α,β-unsaturated/α-hetero) is 1. The maximum absolute atomic E-state index is 12.8. The summed E-state index contributed by atoms with van der Waals surface area (Å²) in [5.74, 6) is -0.247. The van der Waals surface area contributed by atoms with Crippen LogP contribution in [0.5, 0.6) is 0 Å². The lowest BCUT2D eigenvalue weighted by molar-refractivity contribution is 0.0635. The van der Waals surface area contributed by atoms with Gasteiger partial charge in [0.25, 0.3) is 0 Å². The number of ether oxygens (including phenoxy) is 1. The number of benzene rings is 1. The summed E-state index contributed by atoms with van der Waals surface area (Å²) in [6.45, 7) is 6.46. The molecular formula is C16H24FNO2. The molecular weight excluding hydrogens is 257 g/mol. The fourth-order valence-corrected chi connectivity index (χ4v) is 1.85. The molecule has 0 spiro atoms. The summed E-state index contributed by atoms with van der Waals surface area (Å²) in [7, 11) is 2.02. The summed E-state index contributed by atoms with van der Waals surface area (Å²) < 4.78 is 18.2. The fourth-order valence-electron chi connectivity index (χ4n) is 1.85. The van der Waals surface area contributed by atoms with Gasteiger partial charge in [-0.25, -0.2) is 4.39 Å². The Morgan fingerprint density at radius 2 is 1.90 bits per heavy atom. The van der Waals surface area contributed by atoms with E-state index in [9.17, 15) is 9.18 Å². The minimum atomic E-state index is -0.313. The van der Waals surface area contributed by atoms with Crippen molar-refractivity contribution in [2.75, 3.05) is 26.7 Å². The molecule has 0 aliphatic carbocycles. The van der Waals surface area contributed by atoms with Crippen molar-refractivity contribution in [2.24, 2.45) is 0 Å². The van der Waals surface area contributed by atoms with E-state index in [4.69, 9.17) is 4.74 Å². The predicted octanol–water partition coefficient (Wildman–Crippen LogP) is 3.15. The summed E-state index contributed by atoms with van der Waals surface area (Å²) >= 11 is 0. The van der Waals surface area contributed by atoms with E-state index in [1.165, 1.54) is 24.3 Å². The van der Waals surface area contributed by atoms with Crippen molar-refractivity contribution in [3.05, 3.63) is 35.6 Å². The first-order valence-corrected chi connectivity index (χ1v) is 7.08. The number of hydrogen-bond donors (Lipinski definition) is 0. The fraction of sp³-hybridized carbons (Fsp3) is 0.562. The molecule has 20 heavy (non-hydrogen) atoms. The van der Waals surface area contributed by atoms with Gasteiger partial charge in [0.15, 0.2) is 5.78 Å². The first kappa shape index (κ1) is 16.8. The number of rotatable bonds is 9. The third-order valence-corrected chi connectivity index (χ3v) is 3.03. The Balaban J connectivity index is 2.20. The lowest BCUT2D eigenvalue weighted by Gasteiger charge is -2.17. The van der Waals surface area contributed by atoms with Gasteiger partial charge in [-0.1, -0.05) is 0 Å². The summed E-state index contributed by atoms with van der Waals surface area (Å²) in [6, 6.07) is 5.72. The zero-order valence-electron chi connectivity index (χ0n) is 12.6. The van der Waals surface area contributed by atoms with E-state index in [0.717, 1.165) is 19.5 Å². The highest BCUT2D eigenvalue weighted by Crippen LogP contribution is 2.07. The number of halogens is 1. The number of nitrogens with zero attached hydrogens (tertiary/aromatic N) is 1. The van der Waals surface area contributed by atoms with Gasteiger partial charge in [0.1, 0.15) is 5.82 Å². The van der Waals surface area contributed by atoms with Gasteiger partial charge >= 0.3 is 0 Å². The third-order valence-electron chi connectivity index (χ3n) is 3.03. The van der Waals surface area contributed by atoms with Crippen molar-refractivity contribution in [3.8, 4) is 0 Å². The molecule has 0 unspecified atom stereocenters. The lowest BCUT2D eigenvalue weighted by Crippen LogP contribution is -2.25. The van der Waals surface area contributed by atoms with E-state index in [2.05, 4.69) is 4.90 Å². The van der Waals surface area contributed by atoms with Crippen LogP contribution in [0.25, 0.3) is 0 Å². The van der Waals surface area contributed by atoms with Crippen molar-refractivity contribution in [1.82, 2.24) is 4.90 Å². The number of carbonyl (C=O) groups is 1. The van der Waals surface area contributed by atoms with Crippen molar-refractivity contribution < 1.29 is 13.9 Å². The van der Waals surface area contributed by atoms with Crippen molar-refractivity contribution in [1.29, 1.82) is 0 Å². The second kappa shape index (κ2) is 8.82. The van der Waals surface area contributed by atoms with Crippen LogP contribution in [0.3, 0.4) is 0 Å². The van der Waals surface area contributed by atoms with Crippen LogP contribution in [0.1, 0.15) is 37.0 Å². The summed E-state index contributed by atoms with van der Waals surface area (Å²) in [4.78, 5) is 14.0. The van der Waals surface area contributed by atoms with E-state index < -0.39 is 0 Å². The molecule has 0 saturated carbocycles. The first-order valence-electron chi connectivity index (χ1n) is 7.08. The zero-order valence-corrected chi connectivity index (χ0v) is 12.6. The van der Waals surface area contributed by atoms with Crippen LogP contribution in [0.15, 0.2) is 24.3 Å². The largest absolute Gasteiger partial charge is 0.377 e. The maximum Gasteiger partial charge on any atom is 0.162 e. The Hall–Kier alpha value is -1.26. The third kappa shape index (κ3) is 6.78. The molecule has 4 heteroatoms. The van der Waals surface area contributed by atoms with E-state index in [0.29, 0.717) is 18.6 Å². The quantitative estimate of drug-likeness (QED) is 0.651. The summed E-state index contributed by atoms with van der Waals surface area (Å²) in [6.07, 6.45) is 1.54. The molecule has 0 aromatic heterocycles. The average Bonchev–Trinajstić information content (AvgIpc) is 2.39. The number of likely N-dealkylation sites (N-methyl/N-ethyl adjacent to an activating group) is 1. The molecule has 1 rings (SSSR count). The molecule has 1 aromatic carbocycles. The molecule has 0 heterocycles. The van der Waals surface area contributed by atoms with Gasteiger partial charge in [0.2, 0.25) is 0 Å². The van der Waals surface area contributed by atoms with Gasteiger partial charge < -0.3 is 9.64 Å². The second-order valence-electron chi connectivity index (χ2n) is 5.26. The van der Waals surface area contributed by atoms with Gasteiger partial charge in [0.05, 0.1) is 12.7 Å². The van der Waals surface area contributed by atoms with Gasteiger partial charge in [-0.3, -0.25) is 4.79 Å². The van der Waals surface area contributed by atoms with Gasteiger partial charge in [0, 0.05) is 18.5 Å². The molecule has 112 valence electrons. The second-order valence-corrected chi connectivity index (χ2v) is 5.26. The van der Waals surface area contributed by atoms with Crippen LogP contribution in [-0.2, 0) is 4.74 Å². The van der Waals surface area contributed by atoms with Crippen LogP contribution in [-0.4, -0.2) is 43.5 Å². The van der Waals surface area contributed by atoms with Gasteiger partial charge in [-0.05, 0) is 58.1 Å². The van der Waals surface area contributed by atoms with Crippen LogP contribution < -0.4 is 0 Å². The lowest BCUT2D eigenvalue weighted by atomic mass is 10.1. The molecule has 0 aliphatic heterocycles. The molecule has 0 bridgehead atoms. The molecule has 0 aliphatic rings. The monoisotopic (exact) mass is 281 g/mol. The van der Waals surface area contributed by atoms with E-state index >= 15 is 0 Å². The Morgan fingerprint density at radius 1 is 1.25 bits per heavy atom. The van der Waals surface area contributed by atoms with Crippen molar-refractivity contribution in [2.45, 2.75) is 32.8 Å². The standard InChI is InChI=1S/C16H24FNO2/c1-13(2)20-12-11-18(3)10-4-5-16(19)14-6-8-15(17)9-7-14/h6-9,13H,4-5,10-12H2,1-3H3. The number of ketones is 1. The zero-order chi connectivity index (χ0) is 15.0. The van der Waals surface area contributed by atoms with Crippen LogP contribution in [0, 0.1) is 5.82 Å². The maximum atomic E-state index is 12.8. The first-order chi connectivity index (χ1) is 9.49. The van der Waals surface area contributed by atoms with Gasteiger partial charge in [-0.15, -0.1) is 0 Å². The molecule has 0 saturated heterocycles. The SMILES string of the molecule is CC(C)OCCN(C)CCCC(=O)c1ccc(F)cc1. The van der Waals surface area contributed by atoms with E-state index in [1.54, 1.807) is 0 Å². The molecule has 1 aromatic rings. The Morgan fingerprint density at radius 3 is 2.50 bits per heavy atom. The Bertz CT molecular complexity index is 403. The topological polar surface area (TPSA) is 29.5 Å². The summed E-state index contributed by atoms with van der Waals surface area (Å²) in [5, 5.41) is 0. The highest BCUT2D eigenvalue weighted by Gasteiger charge is 2.07. The molecule has 0 fully saturated rings. The molecule has 3 nitrogen and oxygen atoms in total. The molecule has 0 amide bonds. The predicted molar refractivity (Wildman–Crippen MR) is 78.5 cm³/mol. The highest BCUT2D eigenvalue weighted by molar-refractivity contribution is 5.95. The van der Waals surface area contributed by atoms with Crippen LogP contribution in [0.2, 0.25) is 0 Å². The Labute approximate surface area is 120 Å². The van der Waals surface area contributed by atoms with Crippen LogP contribution in [0.4, 0.5) is 4.39 Å². The minimum Gasteiger partial charge on any atom is -0.377 e. The van der Waals surface area contributed by atoms with E-state index in [1.807, 2.05) is 20.9 Å². The van der Waals surface area contributed by atoms with E-state index in [-0.39, 0.29) is 17.7 Å². The normalized spacial score (nSPS) is 11.3. The highest BCUT2D eigenvalue weighted by atomic mass is 19.1. The Kier molecular flexibility index (Phi) is 7.41. The smallest absolute Gasteiger partial charge is 0.162 e. The average molecular weight is 281 g/mol. The molecule has 0 N–H and O–H groups in total. The minimum absolute atomic E-state index is 0.0665. The number of carbonyl (C=O) groups excluding carboxylic acids is 1. The molecule has 0 atom stereocenters. The van der Waals surface area contributed by atoms with Crippen molar-refractivity contribution in [3.63, 3.8) is 0 Å².